The molecule has 0 aliphatic rings. The lowest BCUT2D eigenvalue weighted by molar-refractivity contribution is 0.102. The standard InChI is InChI=1S/C20H21N3O3S/c1-15-9-10-16(13-19(15)23-11-4-5-12-23)20(24)21-17-7-6-8-18(14-17)27(25,26)22(2)3/h4-14H,1-3H3,(H,21,24). The number of carbonyl (C=O) groups is 1. The van der Waals surface area contributed by atoms with Gasteiger partial charge in [0.25, 0.3) is 5.91 Å². The van der Waals surface area contributed by atoms with E-state index in [9.17, 15) is 13.2 Å². The molecule has 0 saturated heterocycles. The molecule has 0 aliphatic carbocycles. The summed E-state index contributed by atoms with van der Waals surface area (Å²) in [6.45, 7) is 1.98. The summed E-state index contributed by atoms with van der Waals surface area (Å²) in [5, 5.41) is 2.77. The van der Waals surface area contributed by atoms with Gasteiger partial charge in [0.05, 0.1) is 4.90 Å². The van der Waals surface area contributed by atoms with Crippen LogP contribution in [-0.4, -0.2) is 37.3 Å². The van der Waals surface area contributed by atoms with Gasteiger partial charge in [-0.05, 0) is 55.0 Å². The number of benzene rings is 2. The summed E-state index contributed by atoms with van der Waals surface area (Å²) in [5.41, 5.74) is 2.87. The summed E-state index contributed by atoms with van der Waals surface area (Å²) < 4.78 is 27.6. The highest BCUT2D eigenvalue weighted by Crippen LogP contribution is 2.20. The number of nitrogens with zero attached hydrogens (tertiary/aromatic N) is 2. The van der Waals surface area contributed by atoms with Crippen LogP contribution in [-0.2, 0) is 10.0 Å². The number of nitrogens with one attached hydrogen (secondary N) is 1. The zero-order valence-corrected chi connectivity index (χ0v) is 16.2. The van der Waals surface area contributed by atoms with E-state index in [2.05, 4.69) is 5.32 Å². The van der Waals surface area contributed by atoms with Gasteiger partial charge in [0.15, 0.2) is 0 Å². The van der Waals surface area contributed by atoms with Crippen LogP contribution in [0.5, 0.6) is 0 Å². The first-order valence-corrected chi connectivity index (χ1v) is 9.81. The molecule has 0 saturated carbocycles. The van der Waals surface area contributed by atoms with Crippen molar-refractivity contribution in [3.8, 4) is 5.69 Å². The van der Waals surface area contributed by atoms with E-state index in [-0.39, 0.29) is 10.8 Å². The predicted molar refractivity (Wildman–Crippen MR) is 106 cm³/mol. The first kappa shape index (κ1) is 18.9. The summed E-state index contributed by atoms with van der Waals surface area (Å²) in [6.07, 6.45) is 3.83. The molecule has 27 heavy (non-hydrogen) atoms. The molecule has 7 heteroatoms. The monoisotopic (exact) mass is 383 g/mol. The maximum absolute atomic E-state index is 12.7. The van der Waals surface area contributed by atoms with E-state index in [4.69, 9.17) is 0 Å². The van der Waals surface area contributed by atoms with Crippen LogP contribution in [0.25, 0.3) is 5.69 Å². The summed E-state index contributed by atoms with van der Waals surface area (Å²) in [5.74, 6) is -0.303. The number of carbonyl (C=O) groups excluding carboxylic acids is 1. The van der Waals surface area contributed by atoms with Crippen LogP contribution in [0, 0.1) is 6.92 Å². The van der Waals surface area contributed by atoms with Crippen LogP contribution in [0.15, 0.2) is 71.9 Å². The Hall–Kier alpha value is -2.90. The summed E-state index contributed by atoms with van der Waals surface area (Å²) in [4.78, 5) is 12.8. The van der Waals surface area contributed by atoms with Crippen molar-refractivity contribution in [2.24, 2.45) is 0 Å². The number of hydrogen-bond donors (Lipinski definition) is 1. The maximum Gasteiger partial charge on any atom is 0.255 e. The van der Waals surface area contributed by atoms with Crippen LogP contribution in [0.4, 0.5) is 5.69 Å². The zero-order chi connectivity index (χ0) is 19.6. The molecule has 6 nitrogen and oxygen atoms in total. The molecule has 0 spiro atoms. The van der Waals surface area contributed by atoms with Crippen molar-refractivity contribution in [2.75, 3.05) is 19.4 Å². The number of amides is 1. The van der Waals surface area contributed by atoms with Crippen molar-refractivity contribution in [1.82, 2.24) is 8.87 Å². The zero-order valence-electron chi connectivity index (χ0n) is 15.4. The van der Waals surface area contributed by atoms with Crippen LogP contribution in [0.3, 0.4) is 0 Å². The number of sulfonamides is 1. The topological polar surface area (TPSA) is 71.4 Å². The Bertz CT molecular complexity index is 1070. The quantitative estimate of drug-likeness (QED) is 0.735. The first-order chi connectivity index (χ1) is 12.8. The lowest BCUT2D eigenvalue weighted by atomic mass is 10.1. The van der Waals surface area contributed by atoms with E-state index in [0.29, 0.717) is 11.3 Å². The molecule has 1 aromatic heterocycles. The highest BCUT2D eigenvalue weighted by molar-refractivity contribution is 7.89. The Morgan fingerprint density at radius 2 is 1.70 bits per heavy atom. The summed E-state index contributed by atoms with van der Waals surface area (Å²) >= 11 is 0. The fourth-order valence-electron chi connectivity index (χ4n) is 2.67. The molecular weight excluding hydrogens is 362 g/mol. The van der Waals surface area contributed by atoms with Gasteiger partial charge in [-0.3, -0.25) is 4.79 Å². The van der Waals surface area contributed by atoms with E-state index in [0.717, 1.165) is 15.6 Å². The first-order valence-electron chi connectivity index (χ1n) is 8.37. The molecule has 140 valence electrons. The van der Waals surface area contributed by atoms with E-state index in [1.54, 1.807) is 18.2 Å². The predicted octanol–water partition coefficient (Wildman–Crippen LogP) is 3.29. The molecule has 3 aromatic rings. The summed E-state index contributed by atoms with van der Waals surface area (Å²) in [7, 11) is -0.627. The lowest BCUT2D eigenvalue weighted by Crippen LogP contribution is -2.22. The fourth-order valence-corrected chi connectivity index (χ4v) is 3.62. The van der Waals surface area contributed by atoms with Crippen molar-refractivity contribution in [1.29, 1.82) is 0 Å². The minimum absolute atomic E-state index is 0.127. The summed E-state index contributed by atoms with van der Waals surface area (Å²) in [6, 6.07) is 15.5. The van der Waals surface area contributed by atoms with Crippen LogP contribution in [0.2, 0.25) is 0 Å². The molecular formula is C20H21N3O3S. The molecule has 2 aromatic carbocycles. The molecule has 1 amide bonds. The second-order valence-corrected chi connectivity index (χ2v) is 8.51. The average Bonchev–Trinajstić information content (AvgIpc) is 3.16. The minimum Gasteiger partial charge on any atom is -0.324 e. The van der Waals surface area contributed by atoms with Gasteiger partial charge in [-0.25, -0.2) is 12.7 Å². The maximum atomic E-state index is 12.7. The normalized spacial score (nSPS) is 11.6. The highest BCUT2D eigenvalue weighted by Gasteiger charge is 2.18. The fraction of sp³-hybridized carbons (Fsp3) is 0.150. The molecule has 0 aliphatic heterocycles. The van der Waals surface area contributed by atoms with Crippen molar-refractivity contribution in [3.05, 3.63) is 78.1 Å². The third-order valence-corrected chi connectivity index (χ3v) is 6.04. The molecule has 0 unspecified atom stereocenters. The van der Waals surface area contributed by atoms with Crippen LogP contribution in [0.1, 0.15) is 15.9 Å². The Kier molecular flexibility index (Phi) is 5.16. The number of aryl methyl sites for hydroxylation is 1. The van der Waals surface area contributed by atoms with Crippen molar-refractivity contribution < 1.29 is 13.2 Å². The molecule has 3 rings (SSSR count). The van der Waals surface area contributed by atoms with Crippen molar-refractivity contribution in [3.63, 3.8) is 0 Å². The Labute approximate surface area is 159 Å². The molecule has 0 fully saturated rings. The second kappa shape index (κ2) is 7.38. The minimum atomic E-state index is -3.56. The third-order valence-electron chi connectivity index (χ3n) is 4.22. The molecule has 0 bridgehead atoms. The molecule has 1 N–H and O–H groups in total. The van der Waals surface area contributed by atoms with E-state index in [1.165, 1.54) is 26.2 Å². The van der Waals surface area contributed by atoms with Gasteiger partial charge in [-0.2, -0.15) is 0 Å². The van der Waals surface area contributed by atoms with Gasteiger partial charge in [-0.15, -0.1) is 0 Å². The number of anilines is 1. The van der Waals surface area contributed by atoms with Crippen molar-refractivity contribution >= 4 is 21.6 Å². The number of hydrogen-bond acceptors (Lipinski definition) is 3. The SMILES string of the molecule is Cc1ccc(C(=O)Nc2cccc(S(=O)(=O)N(C)C)c2)cc1-n1cccc1. The van der Waals surface area contributed by atoms with Gasteiger partial charge in [-0.1, -0.05) is 12.1 Å². The van der Waals surface area contributed by atoms with E-state index >= 15 is 0 Å². The Morgan fingerprint density at radius 3 is 2.37 bits per heavy atom. The number of rotatable bonds is 5. The second-order valence-electron chi connectivity index (χ2n) is 6.36. The highest BCUT2D eigenvalue weighted by atomic mass is 32.2. The van der Waals surface area contributed by atoms with Gasteiger partial charge in [0.2, 0.25) is 10.0 Å². The van der Waals surface area contributed by atoms with E-state index < -0.39 is 10.0 Å². The Balaban J connectivity index is 1.88. The van der Waals surface area contributed by atoms with Gasteiger partial charge >= 0.3 is 0 Å². The van der Waals surface area contributed by atoms with Gasteiger partial charge in [0, 0.05) is 43.4 Å². The third kappa shape index (κ3) is 3.94. The van der Waals surface area contributed by atoms with Gasteiger partial charge in [0.1, 0.15) is 0 Å². The smallest absolute Gasteiger partial charge is 0.255 e. The lowest BCUT2D eigenvalue weighted by Gasteiger charge is -2.13. The van der Waals surface area contributed by atoms with Gasteiger partial charge < -0.3 is 9.88 Å². The van der Waals surface area contributed by atoms with Crippen LogP contribution >= 0.6 is 0 Å². The van der Waals surface area contributed by atoms with Crippen LogP contribution < -0.4 is 5.32 Å². The van der Waals surface area contributed by atoms with Crippen molar-refractivity contribution in [2.45, 2.75) is 11.8 Å². The molecule has 0 atom stereocenters. The number of aromatic nitrogens is 1. The largest absolute Gasteiger partial charge is 0.324 e. The average molecular weight is 383 g/mol. The molecule has 0 radical (unpaired) electrons. The Morgan fingerprint density at radius 1 is 1.00 bits per heavy atom. The van der Waals surface area contributed by atoms with E-state index in [1.807, 2.05) is 48.1 Å². The molecule has 1 heterocycles.